The van der Waals surface area contributed by atoms with Crippen molar-refractivity contribution in [3.63, 3.8) is 0 Å². The first kappa shape index (κ1) is 10.5. The second kappa shape index (κ2) is 4.26. The number of nitrogens with one attached hydrogen (secondary N) is 2. The highest BCUT2D eigenvalue weighted by atomic mass is 15.2. The molecule has 2 rings (SSSR count). The number of anilines is 1. The lowest BCUT2D eigenvalue weighted by atomic mass is 10.3. The number of nitrogens with zero attached hydrogens (tertiary/aromatic N) is 4. The van der Waals surface area contributed by atoms with Crippen LogP contribution in [-0.2, 0) is 0 Å². The fourth-order valence-electron chi connectivity index (χ4n) is 1.48. The van der Waals surface area contributed by atoms with E-state index < -0.39 is 0 Å². The molecule has 0 amide bonds. The van der Waals surface area contributed by atoms with Gasteiger partial charge in [0, 0.05) is 11.4 Å². The fraction of sp³-hybridized carbons (Fsp3) is 0.400. The molecular formula is C10H14N6. The quantitative estimate of drug-likeness (QED) is 0.813. The van der Waals surface area contributed by atoms with Crippen LogP contribution in [0.15, 0.2) is 12.4 Å². The zero-order chi connectivity index (χ0) is 11.5. The number of hydrogen-bond donors (Lipinski definition) is 2. The molecule has 0 aliphatic rings. The minimum atomic E-state index is 0.00343. The van der Waals surface area contributed by atoms with E-state index in [1.54, 1.807) is 0 Å². The Labute approximate surface area is 93.6 Å². The highest BCUT2D eigenvalue weighted by Crippen LogP contribution is 2.12. The summed E-state index contributed by atoms with van der Waals surface area (Å²) < 4.78 is 0. The van der Waals surface area contributed by atoms with Crippen molar-refractivity contribution in [3.8, 4) is 0 Å². The SMILES string of the molecule is Cc1cc(C)nc(NC(C)c2ncn[nH]2)n1. The molecule has 1 unspecified atom stereocenters. The zero-order valence-corrected chi connectivity index (χ0v) is 9.52. The Kier molecular flexibility index (Phi) is 2.80. The van der Waals surface area contributed by atoms with E-state index in [-0.39, 0.29) is 6.04 Å². The lowest BCUT2D eigenvalue weighted by molar-refractivity contribution is 0.779. The molecule has 2 N–H and O–H groups in total. The van der Waals surface area contributed by atoms with Gasteiger partial charge in [-0.3, -0.25) is 5.10 Å². The minimum Gasteiger partial charge on any atom is -0.344 e. The molecule has 0 aliphatic heterocycles. The molecule has 2 heterocycles. The predicted octanol–water partition coefficient (Wildman–Crippen LogP) is 1.38. The summed E-state index contributed by atoms with van der Waals surface area (Å²) in [5.74, 6) is 1.38. The van der Waals surface area contributed by atoms with Gasteiger partial charge in [0.2, 0.25) is 5.95 Å². The third kappa shape index (κ3) is 2.33. The fourth-order valence-corrected chi connectivity index (χ4v) is 1.48. The molecule has 0 radical (unpaired) electrons. The van der Waals surface area contributed by atoms with Crippen molar-refractivity contribution in [2.45, 2.75) is 26.8 Å². The molecule has 0 spiro atoms. The first-order valence-electron chi connectivity index (χ1n) is 5.09. The first-order valence-corrected chi connectivity index (χ1v) is 5.09. The van der Waals surface area contributed by atoms with Crippen LogP contribution in [0.5, 0.6) is 0 Å². The average molecular weight is 218 g/mol. The molecule has 2 aromatic heterocycles. The van der Waals surface area contributed by atoms with Crippen molar-refractivity contribution in [1.82, 2.24) is 25.1 Å². The Morgan fingerprint density at radius 2 is 1.94 bits per heavy atom. The van der Waals surface area contributed by atoms with Crippen molar-refractivity contribution in [3.05, 3.63) is 29.6 Å². The Bertz CT molecular complexity index is 444. The summed E-state index contributed by atoms with van der Waals surface area (Å²) in [7, 11) is 0. The van der Waals surface area contributed by atoms with Gasteiger partial charge in [-0.25, -0.2) is 15.0 Å². The van der Waals surface area contributed by atoms with Gasteiger partial charge in [0.15, 0.2) is 0 Å². The number of rotatable bonds is 3. The van der Waals surface area contributed by atoms with Crippen LogP contribution in [0.2, 0.25) is 0 Å². The second-order valence-electron chi connectivity index (χ2n) is 3.71. The van der Waals surface area contributed by atoms with E-state index in [2.05, 4.69) is 30.5 Å². The van der Waals surface area contributed by atoms with Gasteiger partial charge in [0.1, 0.15) is 12.2 Å². The maximum Gasteiger partial charge on any atom is 0.223 e. The van der Waals surface area contributed by atoms with Crippen LogP contribution in [-0.4, -0.2) is 25.1 Å². The molecule has 0 fully saturated rings. The van der Waals surface area contributed by atoms with Gasteiger partial charge in [0.05, 0.1) is 6.04 Å². The van der Waals surface area contributed by atoms with Gasteiger partial charge in [-0.1, -0.05) is 0 Å². The van der Waals surface area contributed by atoms with Gasteiger partial charge in [-0.15, -0.1) is 0 Å². The summed E-state index contributed by atoms with van der Waals surface area (Å²) in [5, 5.41) is 9.78. The first-order chi connectivity index (χ1) is 7.65. The average Bonchev–Trinajstić information content (AvgIpc) is 2.68. The van der Waals surface area contributed by atoms with Crippen LogP contribution in [0.25, 0.3) is 0 Å². The summed E-state index contributed by atoms with van der Waals surface area (Å²) in [6.07, 6.45) is 1.48. The van der Waals surface area contributed by atoms with E-state index >= 15 is 0 Å². The minimum absolute atomic E-state index is 0.00343. The molecule has 16 heavy (non-hydrogen) atoms. The smallest absolute Gasteiger partial charge is 0.223 e. The van der Waals surface area contributed by atoms with Crippen molar-refractivity contribution in [2.75, 3.05) is 5.32 Å². The largest absolute Gasteiger partial charge is 0.344 e. The monoisotopic (exact) mass is 218 g/mol. The van der Waals surface area contributed by atoms with Gasteiger partial charge >= 0.3 is 0 Å². The molecule has 6 nitrogen and oxygen atoms in total. The van der Waals surface area contributed by atoms with Crippen LogP contribution in [0.4, 0.5) is 5.95 Å². The van der Waals surface area contributed by atoms with E-state index in [0.29, 0.717) is 5.95 Å². The normalized spacial score (nSPS) is 12.4. The van der Waals surface area contributed by atoms with Crippen LogP contribution < -0.4 is 5.32 Å². The lowest BCUT2D eigenvalue weighted by Crippen LogP contribution is -2.11. The second-order valence-corrected chi connectivity index (χ2v) is 3.71. The van der Waals surface area contributed by atoms with Gasteiger partial charge < -0.3 is 5.32 Å². The van der Waals surface area contributed by atoms with Crippen LogP contribution in [0, 0.1) is 13.8 Å². The van der Waals surface area contributed by atoms with E-state index in [4.69, 9.17) is 0 Å². The van der Waals surface area contributed by atoms with Crippen LogP contribution in [0.1, 0.15) is 30.2 Å². The summed E-state index contributed by atoms with van der Waals surface area (Å²) >= 11 is 0. The van der Waals surface area contributed by atoms with E-state index in [0.717, 1.165) is 17.2 Å². The molecule has 0 aromatic carbocycles. The van der Waals surface area contributed by atoms with Gasteiger partial charge in [0.25, 0.3) is 0 Å². The predicted molar refractivity (Wildman–Crippen MR) is 59.9 cm³/mol. The number of aryl methyl sites for hydroxylation is 2. The Balaban J connectivity index is 2.15. The molecule has 2 aromatic rings. The van der Waals surface area contributed by atoms with Crippen molar-refractivity contribution in [2.24, 2.45) is 0 Å². The molecule has 84 valence electrons. The Morgan fingerprint density at radius 1 is 1.25 bits per heavy atom. The highest BCUT2D eigenvalue weighted by molar-refractivity contribution is 5.29. The summed E-state index contributed by atoms with van der Waals surface area (Å²) in [4.78, 5) is 12.7. The number of aromatic amines is 1. The molecule has 0 saturated carbocycles. The zero-order valence-electron chi connectivity index (χ0n) is 9.52. The van der Waals surface area contributed by atoms with Gasteiger partial charge in [-0.2, -0.15) is 5.10 Å². The van der Waals surface area contributed by atoms with Crippen LogP contribution >= 0.6 is 0 Å². The maximum absolute atomic E-state index is 4.30. The Hall–Kier alpha value is -1.98. The van der Waals surface area contributed by atoms with Crippen LogP contribution in [0.3, 0.4) is 0 Å². The third-order valence-corrected chi connectivity index (χ3v) is 2.17. The maximum atomic E-state index is 4.30. The molecular weight excluding hydrogens is 204 g/mol. The summed E-state index contributed by atoms with van der Waals surface area (Å²) in [5.41, 5.74) is 1.89. The lowest BCUT2D eigenvalue weighted by Gasteiger charge is -2.11. The summed E-state index contributed by atoms with van der Waals surface area (Å²) in [6, 6.07) is 1.94. The van der Waals surface area contributed by atoms with Crippen molar-refractivity contribution in [1.29, 1.82) is 0 Å². The third-order valence-electron chi connectivity index (χ3n) is 2.17. The number of hydrogen-bond acceptors (Lipinski definition) is 5. The summed E-state index contributed by atoms with van der Waals surface area (Å²) in [6.45, 7) is 5.86. The molecule has 1 atom stereocenters. The molecule has 0 aliphatic carbocycles. The number of aromatic nitrogens is 5. The van der Waals surface area contributed by atoms with Crippen molar-refractivity contribution < 1.29 is 0 Å². The van der Waals surface area contributed by atoms with Gasteiger partial charge in [-0.05, 0) is 26.8 Å². The topological polar surface area (TPSA) is 79.4 Å². The van der Waals surface area contributed by atoms with Crippen molar-refractivity contribution >= 4 is 5.95 Å². The van der Waals surface area contributed by atoms with E-state index in [1.165, 1.54) is 6.33 Å². The molecule has 6 heteroatoms. The standard InChI is InChI=1S/C10H14N6/c1-6-4-7(2)14-10(13-6)15-8(3)9-11-5-12-16-9/h4-5,8H,1-3H3,(H,11,12,16)(H,13,14,15). The Morgan fingerprint density at radius 3 is 2.50 bits per heavy atom. The van der Waals surface area contributed by atoms with E-state index in [1.807, 2.05) is 26.8 Å². The van der Waals surface area contributed by atoms with E-state index in [9.17, 15) is 0 Å². The number of H-pyrrole nitrogens is 1. The molecule has 0 saturated heterocycles. The highest BCUT2D eigenvalue weighted by Gasteiger charge is 2.09. The molecule has 0 bridgehead atoms.